The lowest BCUT2D eigenvalue weighted by molar-refractivity contribution is -0.151. The Labute approximate surface area is 107 Å². The second kappa shape index (κ2) is 6.81. The van der Waals surface area contributed by atoms with Crippen molar-refractivity contribution in [3.8, 4) is 5.75 Å². The van der Waals surface area contributed by atoms with E-state index in [1.807, 2.05) is 37.3 Å². The zero-order chi connectivity index (χ0) is 13.5. The zero-order valence-corrected chi connectivity index (χ0v) is 10.7. The molecule has 0 heterocycles. The third-order valence-electron chi connectivity index (χ3n) is 2.38. The van der Waals surface area contributed by atoms with Gasteiger partial charge in [-0.15, -0.1) is 0 Å². The van der Waals surface area contributed by atoms with Gasteiger partial charge in [0.25, 0.3) is 0 Å². The number of benzene rings is 1. The van der Waals surface area contributed by atoms with Gasteiger partial charge in [-0.3, -0.25) is 4.79 Å². The van der Waals surface area contributed by atoms with Gasteiger partial charge in [0.1, 0.15) is 17.9 Å². The molecule has 0 saturated heterocycles. The lowest BCUT2D eigenvalue weighted by Gasteiger charge is -2.23. The summed E-state index contributed by atoms with van der Waals surface area (Å²) < 4.78 is 10.8. The fourth-order valence-corrected chi connectivity index (χ4v) is 1.36. The van der Waals surface area contributed by atoms with Gasteiger partial charge in [-0.2, -0.15) is 0 Å². The Morgan fingerprint density at radius 2 is 1.94 bits per heavy atom. The number of rotatable bonds is 6. The van der Waals surface area contributed by atoms with Crippen LogP contribution in [0.1, 0.15) is 13.8 Å². The monoisotopic (exact) mass is 249 g/mol. The number of ether oxygens (including phenoxy) is 2. The minimum absolute atomic E-state index is 0.326. The van der Waals surface area contributed by atoms with Crippen LogP contribution in [0.4, 0.5) is 0 Å². The Balaban J connectivity index is 2.60. The highest BCUT2D eigenvalue weighted by Gasteiger charge is 2.21. The van der Waals surface area contributed by atoms with Crippen molar-refractivity contribution in [1.82, 2.24) is 0 Å². The second-order valence-corrected chi connectivity index (χ2v) is 4.06. The van der Waals surface area contributed by atoms with Crippen molar-refractivity contribution < 1.29 is 14.3 Å². The SMILES string of the molecule is C=C[C@H](OC(=O)[C@H](C)N)[C@H](C)Oc1ccccc1. The Bertz CT molecular complexity index is 389. The molecule has 0 aromatic heterocycles. The van der Waals surface area contributed by atoms with Crippen molar-refractivity contribution in [3.63, 3.8) is 0 Å². The van der Waals surface area contributed by atoms with Crippen LogP contribution in [0.2, 0.25) is 0 Å². The number of para-hydroxylation sites is 1. The highest BCUT2D eigenvalue weighted by molar-refractivity contribution is 5.75. The fraction of sp³-hybridized carbons (Fsp3) is 0.357. The van der Waals surface area contributed by atoms with Gasteiger partial charge in [0, 0.05) is 0 Å². The third-order valence-corrected chi connectivity index (χ3v) is 2.38. The Morgan fingerprint density at radius 1 is 1.33 bits per heavy atom. The molecule has 4 heteroatoms. The van der Waals surface area contributed by atoms with Crippen LogP contribution in [0.15, 0.2) is 43.0 Å². The first kappa shape index (κ1) is 14.3. The summed E-state index contributed by atoms with van der Waals surface area (Å²) in [5.41, 5.74) is 5.44. The molecule has 0 amide bonds. The molecule has 18 heavy (non-hydrogen) atoms. The van der Waals surface area contributed by atoms with Crippen LogP contribution in [-0.2, 0) is 9.53 Å². The first-order valence-electron chi connectivity index (χ1n) is 5.85. The van der Waals surface area contributed by atoms with E-state index in [1.54, 1.807) is 6.92 Å². The van der Waals surface area contributed by atoms with Gasteiger partial charge in [-0.05, 0) is 32.1 Å². The molecule has 0 fully saturated rings. The van der Waals surface area contributed by atoms with Crippen LogP contribution >= 0.6 is 0 Å². The van der Waals surface area contributed by atoms with Gasteiger partial charge in [0.15, 0.2) is 6.10 Å². The zero-order valence-electron chi connectivity index (χ0n) is 10.7. The van der Waals surface area contributed by atoms with Gasteiger partial charge in [-0.1, -0.05) is 24.8 Å². The minimum Gasteiger partial charge on any atom is -0.487 e. The predicted molar refractivity (Wildman–Crippen MR) is 70.3 cm³/mol. The molecule has 98 valence electrons. The van der Waals surface area contributed by atoms with Gasteiger partial charge in [-0.25, -0.2) is 0 Å². The molecule has 0 bridgehead atoms. The lowest BCUT2D eigenvalue weighted by Crippen LogP contribution is -2.37. The largest absolute Gasteiger partial charge is 0.487 e. The van der Waals surface area contributed by atoms with Crippen molar-refractivity contribution in [2.45, 2.75) is 32.1 Å². The summed E-state index contributed by atoms with van der Waals surface area (Å²) in [4.78, 5) is 11.4. The summed E-state index contributed by atoms with van der Waals surface area (Å²) in [6.45, 7) is 7.03. The Morgan fingerprint density at radius 3 is 2.44 bits per heavy atom. The molecule has 0 spiro atoms. The summed E-state index contributed by atoms with van der Waals surface area (Å²) in [6.07, 6.45) is 0.685. The molecular formula is C14H19NO3. The molecule has 0 aliphatic heterocycles. The molecule has 0 aliphatic carbocycles. The summed E-state index contributed by atoms with van der Waals surface area (Å²) in [7, 11) is 0. The highest BCUT2D eigenvalue weighted by atomic mass is 16.6. The van der Waals surface area contributed by atoms with E-state index in [9.17, 15) is 4.79 Å². The number of hydrogen-bond donors (Lipinski definition) is 1. The summed E-state index contributed by atoms with van der Waals surface area (Å²) in [6, 6.07) is 8.67. The number of nitrogens with two attached hydrogens (primary N) is 1. The van der Waals surface area contributed by atoms with Crippen molar-refractivity contribution >= 4 is 5.97 Å². The fourth-order valence-electron chi connectivity index (χ4n) is 1.36. The van der Waals surface area contributed by atoms with E-state index < -0.39 is 18.1 Å². The van der Waals surface area contributed by atoms with Crippen molar-refractivity contribution in [2.24, 2.45) is 5.73 Å². The molecule has 1 rings (SSSR count). The van der Waals surface area contributed by atoms with E-state index in [2.05, 4.69) is 6.58 Å². The summed E-state index contributed by atoms with van der Waals surface area (Å²) in [5, 5.41) is 0. The molecule has 1 aromatic rings. The van der Waals surface area contributed by atoms with Gasteiger partial charge in [0.05, 0.1) is 0 Å². The van der Waals surface area contributed by atoms with Crippen LogP contribution in [0.25, 0.3) is 0 Å². The van der Waals surface area contributed by atoms with E-state index in [4.69, 9.17) is 15.2 Å². The number of carbonyl (C=O) groups is 1. The van der Waals surface area contributed by atoms with E-state index >= 15 is 0 Å². The molecule has 0 radical (unpaired) electrons. The van der Waals surface area contributed by atoms with Gasteiger partial charge >= 0.3 is 5.97 Å². The average Bonchev–Trinajstić information content (AvgIpc) is 2.36. The second-order valence-electron chi connectivity index (χ2n) is 4.06. The maximum atomic E-state index is 11.4. The van der Waals surface area contributed by atoms with Crippen LogP contribution in [-0.4, -0.2) is 24.2 Å². The molecule has 0 unspecified atom stereocenters. The summed E-state index contributed by atoms with van der Waals surface area (Å²) in [5.74, 6) is 0.247. The van der Waals surface area contributed by atoms with Crippen molar-refractivity contribution in [2.75, 3.05) is 0 Å². The Hall–Kier alpha value is -1.81. The lowest BCUT2D eigenvalue weighted by atomic mass is 10.2. The quantitative estimate of drug-likeness (QED) is 0.618. The number of carbonyl (C=O) groups excluding carboxylic acids is 1. The van der Waals surface area contributed by atoms with Crippen molar-refractivity contribution in [3.05, 3.63) is 43.0 Å². The van der Waals surface area contributed by atoms with Crippen molar-refractivity contribution in [1.29, 1.82) is 0 Å². The molecule has 4 nitrogen and oxygen atoms in total. The summed E-state index contributed by atoms with van der Waals surface area (Å²) >= 11 is 0. The first-order chi connectivity index (χ1) is 8.54. The molecule has 0 saturated carbocycles. The maximum absolute atomic E-state index is 11.4. The third kappa shape index (κ3) is 4.22. The topological polar surface area (TPSA) is 61.5 Å². The van der Waals surface area contributed by atoms with Gasteiger partial charge in [0.2, 0.25) is 0 Å². The minimum atomic E-state index is -0.656. The van der Waals surface area contributed by atoms with Crippen LogP contribution in [0.5, 0.6) is 5.75 Å². The van der Waals surface area contributed by atoms with E-state index in [0.29, 0.717) is 5.75 Å². The maximum Gasteiger partial charge on any atom is 0.323 e. The molecule has 2 N–H and O–H groups in total. The van der Waals surface area contributed by atoms with E-state index in [-0.39, 0.29) is 6.10 Å². The van der Waals surface area contributed by atoms with Crippen LogP contribution in [0.3, 0.4) is 0 Å². The first-order valence-corrected chi connectivity index (χ1v) is 5.85. The van der Waals surface area contributed by atoms with E-state index in [0.717, 1.165) is 0 Å². The molecule has 3 atom stereocenters. The average molecular weight is 249 g/mol. The Kier molecular flexibility index (Phi) is 5.39. The molecule has 1 aromatic carbocycles. The van der Waals surface area contributed by atoms with Crippen LogP contribution < -0.4 is 10.5 Å². The van der Waals surface area contributed by atoms with Gasteiger partial charge < -0.3 is 15.2 Å². The molecule has 0 aliphatic rings. The smallest absolute Gasteiger partial charge is 0.323 e. The van der Waals surface area contributed by atoms with E-state index in [1.165, 1.54) is 6.08 Å². The number of esters is 1. The predicted octanol–water partition coefficient (Wildman–Crippen LogP) is 1.90. The highest BCUT2D eigenvalue weighted by Crippen LogP contribution is 2.14. The standard InChI is InChI=1S/C14H19NO3/c1-4-13(18-14(16)10(2)15)11(3)17-12-8-6-5-7-9-12/h4-11,13H,1,15H2,2-3H3/t10-,11-,13-/m0/s1. The molecular weight excluding hydrogens is 230 g/mol. The number of hydrogen-bond acceptors (Lipinski definition) is 4. The normalized spacial score (nSPS) is 15.3. The van der Waals surface area contributed by atoms with Crippen LogP contribution in [0, 0.1) is 0 Å².